The fraction of sp³-hybridized carbons (Fsp3) is 0.364. The van der Waals surface area contributed by atoms with E-state index in [1.807, 2.05) is 30.3 Å². The van der Waals surface area contributed by atoms with Crippen molar-refractivity contribution < 1.29 is 4.39 Å². The van der Waals surface area contributed by atoms with Crippen molar-refractivity contribution in [1.29, 1.82) is 0 Å². The molecule has 1 aliphatic rings. The molecule has 4 rings (SSSR count). The molecule has 0 aliphatic heterocycles. The van der Waals surface area contributed by atoms with Gasteiger partial charge in [-0.05, 0) is 31.0 Å². The Morgan fingerprint density at radius 3 is 2.63 bits per heavy atom. The molecule has 0 bridgehead atoms. The summed E-state index contributed by atoms with van der Waals surface area (Å²) >= 11 is 0. The smallest absolute Gasteiger partial charge is 0.258 e. The first-order chi connectivity index (χ1) is 13.2. The van der Waals surface area contributed by atoms with Crippen LogP contribution in [0.4, 0.5) is 4.39 Å². The van der Waals surface area contributed by atoms with Crippen molar-refractivity contribution in [2.24, 2.45) is 0 Å². The first-order valence-corrected chi connectivity index (χ1v) is 9.65. The summed E-state index contributed by atoms with van der Waals surface area (Å²) in [5.41, 5.74) is 2.01. The Balaban J connectivity index is 1.64. The molecule has 1 aromatic carbocycles. The number of nitrogens with zero attached hydrogens (tertiary/aromatic N) is 3. The maximum absolute atomic E-state index is 14.2. The van der Waals surface area contributed by atoms with E-state index in [4.69, 9.17) is 0 Å². The maximum atomic E-state index is 14.2. The zero-order valence-corrected chi connectivity index (χ0v) is 15.4. The van der Waals surface area contributed by atoms with Gasteiger partial charge < -0.3 is 0 Å². The van der Waals surface area contributed by atoms with Gasteiger partial charge in [-0.3, -0.25) is 14.1 Å². The zero-order chi connectivity index (χ0) is 18.6. The minimum Gasteiger partial charge on any atom is -0.290 e. The summed E-state index contributed by atoms with van der Waals surface area (Å²) in [4.78, 5) is 19.4. The molecule has 1 saturated carbocycles. The third kappa shape index (κ3) is 4.08. The zero-order valence-electron chi connectivity index (χ0n) is 15.4. The second-order valence-electron chi connectivity index (χ2n) is 7.30. The van der Waals surface area contributed by atoms with Crippen molar-refractivity contribution in [3.63, 3.8) is 0 Å². The maximum Gasteiger partial charge on any atom is 0.258 e. The average molecular weight is 365 g/mol. The van der Waals surface area contributed by atoms with Crippen LogP contribution < -0.4 is 5.56 Å². The number of fused-ring (bicyclic) bond motifs is 1. The van der Waals surface area contributed by atoms with Crippen LogP contribution in [0, 0.1) is 5.82 Å². The fourth-order valence-electron chi connectivity index (χ4n) is 4.00. The lowest BCUT2D eigenvalue weighted by Gasteiger charge is -2.34. The molecule has 0 spiro atoms. The molecule has 1 fully saturated rings. The Bertz CT molecular complexity index is 978. The lowest BCUT2D eigenvalue weighted by Crippen LogP contribution is -2.36. The molecule has 140 valence electrons. The van der Waals surface area contributed by atoms with E-state index in [1.54, 1.807) is 22.7 Å². The van der Waals surface area contributed by atoms with Crippen molar-refractivity contribution in [2.45, 2.75) is 51.2 Å². The summed E-state index contributed by atoms with van der Waals surface area (Å²) in [7, 11) is 0. The standard InChI is InChI=1S/C22H24FN3O/c23-20-11-5-4-8-17(20)15-25(19-9-2-1-3-10-19)16-18-14-22(27)26-13-7-6-12-21(26)24-18/h4-8,11-14,19H,1-3,9-10,15-16H2. The highest BCUT2D eigenvalue weighted by Gasteiger charge is 2.23. The van der Waals surface area contributed by atoms with Gasteiger partial charge in [-0.2, -0.15) is 0 Å². The molecule has 0 amide bonds. The highest BCUT2D eigenvalue weighted by atomic mass is 19.1. The van der Waals surface area contributed by atoms with E-state index in [9.17, 15) is 9.18 Å². The van der Waals surface area contributed by atoms with Gasteiger partial charge in [-0.15, -0.1) is 0 Å². The quantitative estimate of drug-likeness (QED) is 0.681. The summed E-state index contributed by atoms with van der Waals surface area (Å²) in [5, 5.41) is 0. The van der Waals surface area contributed by atoms with Crippen LogP contribution in [0.3, 0.4) is 0 Å². The van der Waals surface area contributed by atoms with Crippen molar-refractivity contribution in [3.05, 3.63) is 82.2 Å². The Morgan fingerprint density at radius 1 is 1.04 bits per heavy atom. The molecule has 0 saturated heterocycles. The van der Waals surface area contributed by atoms with Gasteiger partial charge in [0.15, 0.2) is 0 Å². The van der Waals surface area contributed by atoms with E-state index < -0.39 is 0 Å². The third-order valence-electron chi connectivity index (χ3n) is 5.41. The lowest BCUT2D eigenvalue weighted by molar-refractivity contribution is 0.136. The van der Waals surface area contributed by atoms with Crippen LogP contribution >= 0.6 is 0 Å². The minimum absolute atomic E-state index is 0.0786. The van der Waals surface area contributed by atoms with Crippen molar-refractivity contribution in [3.8, 4) is 0 Å². The largest absolute Gasteiger partial charge is 0.290 e. The summed E-state index contributed by atoms with van der Waals surface area (Å²) in [6.45, 7) is 1.09. The van der Waals surface area contributed by atoms with E-state index >= 15 is 0 Å². The van der Waals surface area contributed by atoms with Crippen LogP contribution in [-0.4, -0.2) is 20.3 Å². The molecular formula is C22H24FN3O. The summed E-state index contributed by atoms with van der Waals surface area (Å²) in [5.74, 6) is -0.176. The molecule has 0 atom stereocenters. The Morgan fingerprint density at radius 2 is 1.81 bits per heavy atom. The molecule has 2 aromatic heterocycles. The van der Waals surface area contributed by atoms with Crippen LogP contribution in [0.15, 0.2) is 59.5 Å². The topological polar surface area (TPSA) is 37.6 Å². The van der Waals surface area contributed by atoms with Gasteiger partial charge >= 0.3 is 0 Å². The Kier molecular flexibility index (Phi) is 5.30. The highest BCUT2D eigenvalue weighted by Crippen LogP contribution is 2.26. The number of aromatic nitrogens is 2. The number of hydrogen-bond donors (Lipinski definition) is 0. The van der Waals surface area contributed by atoms with Gasteiger partial charge in [-0.1, -0.05) is 43.5 Å². The van der Waals surface area contributed by atoms with Gasteiger partial charge in [0.1, 0.15) is 11.5 Å². The third-order valence-corrected chi connectivity index (χ3v) is 5.41. The van der Waals surface area contributed by atoms with Crippen LogP contribution in [-0.2, 0) is 13.1 Å². The number of pyridine rings is 1. The molecular weight excluding hydrogens is 341 g/mol. The summed E-state index contributed by atoms with van der Waals surface area (Å²) in [6.07, 6.45) is 7.62. The SMILES string of the molecule is O=c1cc(CN(Cc2ccccc2F)C2CCCCC2)nc2ccccn12. The summed E-state index contributed by atoms with van der Waals surface area (Å²) in [6, 6.07) is 14.5. The first-order valence-electron chi connectivity index (χ1n) is 9.65. The normalized spacial score (nSPS) is 15.5. The van der Waals surface area contributed by atoms with Crippen molar-refractivity contribution in [1.82, 2.24) is 14.3 Å². The molecule has 2 heterocycles. The molecule has 3 aromatic rings. The van der Waals surface area contributed by atoms with Crippen molar-refractivity contribution >= 4 is 5.65 Å². The van der Waals surface area contributed by atoms with Crippen LogP contribution in [0.25, 0.3) is 5.65 Å². The second-order valence-corrected chi connectivity index (χ2v) is 7.30. The summed E-state index contributed by atoms with van der Waals surface area (Å²) < 4.78 is 15.8. The molecule has 5 heteroatoms. The van der Waals surface area contributed by atoms with Crippen molar-refractivity contribution in [2.75, 3.05) is 0 Å². The van der Waals surface area contributed by atoms with E-state index in [2.05, 4.69) is 9.88 Å². The monoisotopic (exact) mass is 365 g/mol. The van der Waals surface area contributed by atoms with E-state index in [0.29, 0.717) is 30.3 Å². The number of hydrogen-bond acceptors (Lipinski definition) is 3. The average Bonchev–Trinajstić information content (AvgIpc) is 2.70. The molecule has 4 nitrogen and oxygen atoms in total. The highest BCUT2D eigenvalue weighted by molar-refractivity contribution is 5.38. The van der Waals surface area contributed by atoms with E-state index in [-0.39, 0.29) is 11.4 Å². The Labute approximate surface area is 158 Å². The number of halogens is 1. The van der Waals surface area contributed by atoms with Gasteiger partial charge in [0.25, 0.3) is 5.56 Å². The number of benzene rings is 1. The van der Waals surface area contributed by atoms with Gasteiger partial charge in [-0.25, -0.2) is 9.37 Å². The number of rotatable bonds is 5. The predicted octanol–water partition coefficient (Wildman–Crippen LogP) is 4.17. The fourth-order valence-corrected chi connectivity index (χ4v) is 4.00. The molecule has 0 unspecified atom stereocenters. The lowest BCUT2D eigenvalue weighted by atomic mass is 9.93. The second kappa shape index (κ2) is 8.01. The molecule has 0 radical (unpaired) electrons. The van der Waals surface area contributed by atoms with Crippen LogP contribution in [0.5, 0.6) is 0 Å². The molecule has 27 heavy (non-hydrogen) atoms. The van der Waals surface area contributed by atoms with Gasteiger partial charge in [0.2, 0.25) is 0 Å². The van der Waals surface area contributed by atoms with E-state index in [0.717, 1.165) is 18.5 Å². The van der Waals surface area contributed by atoms with Crippen LogP contribution in [0.1, 0.15) is 43.4 Å². The molecule has 1 aliphatic carbocycles. The van der Waals surface area contributed by atoms with Crippen LogP contribution in [0.2, 0.25) is 0 Å². The minimum atomic E-state index is -0.176. The molecule has 0 N–H and O–H groups in total. The first kappa shape index (κ1) is 17.9. The van der Waals surface area contributed by atoms with Gasteiger partial charge in [0.05, 0.1) is 5.69 Å². The van der Waals surface area contributed by atoms with Gasteiger partial charge in [0, 0.05) is 37.0 Å². The van der Waals surface area contributed by atoms with E-state index in [1.165, 1.54) is 25.3 Å². The predicted molar refractivity (Wildman–Crippen MR) is 104 cm³/mol. The Hall–Kier alpha value is -2.53.